The first kappa shape index (κ1) is 15.0. The van der Waals surface area contributed by atoms with Gasteiger partial charge in [-0.15, -0.1) is 0 Å². The largest absolute Gasteiger partial charge is 0.347 e. The Kier molecular flexibility index (Phi) is 4.21. The molecule has 0 aliphatic heterocycles. The van der Waals surface area contributed by atoms with Crippen LogP contribution in [0, 0.1) is 5.82 Å². The average molecular weight is 288 g/mol. The summed E-state index contributed by atoms with van der Waals surface area (Å²) in [6.07, 6.45) is 0. The van der Waals surface area contributed by atoms with Crippen LogP contribution < -0.4 is 5.32 Å². The molecular weight excluding hydrogens is 271 g/mol. The number of hydrogen-bond acceptors (Lipinski definition) is 2. The van der Waals surface area contributed by atoms with Crippen molar-refractivity contribution >= 4 is 22.6 Å². The van der Waals surface area contributed by atoms with Gasteiger partial charge in [0.2, 0.25) is 5.91 Å². The van der Waals surface area contributed by atoms with Crippen molar-refractivity contribution in [3.8, 4) is 0 Å². The van der Waals surface area contributed by atoms with Crippen LogP contribution >= 0.6 is 0 Å². The summed E-state index contributed by atoms with van der Waals surface area (Å²) in [6.45, 7) is 1.62. The lowest BCUT2D eigenvalue weighted by Gasteiger charge is -2.18. The standard InChI is InChI=1S/C16H17FN2O2/c1-10(16(21)19(2)3)18-15(20)13-8-9-14(17)12-7-5-4-6-11(12)13/h4-10H,1-3H3,(H,18,20). The lowest BCUT2D eigenvalue weighted by atomic mass is 10.0. The monoisotopic (exact) mass is 288 g/mol. The molecule has 0 radical (unpaired) electrons. The lowest BCUT2D eigenvalue weighted by molar-refractivity contribution is -0.130. The highest BCUT2D eigenvalue weighted by atomic mass is 19.1. The Bertz CT molecular complexity index is 698. The highest BCUT2D eigenvalue weighted by Gasteiger charge is 2.19. The quantitative estimate of drug-likeness (QED) is 0.941. The number of rotatable bonds is 3. The maximum absolute atomic E-state index is 13.7. The maximum atomic E-state index is 13.7. The van der Waals surface area contributed by atoms with Gasteiger partial charge in [-0.3, -0.25) is 9.59 Å². The summed E-state index contributed by atoms with van der Waals surface area (Å²) in [5.74, 6) is -0.969. The zero-order valence-corrected chi connectivity index (χ0v) is 12.2. The number of nitrogens with zero attached hydrogens (tertiary/aromatic N) is 1. The van der Waals surface area contributed by atoms with Crippen LogP contribution in [0.4, 0.5) is 4.39 Å². The van der Waals surface area contributed by atoms with E-state index in [4.69, 9.17) is 0 Å². The summed E-state index contributed by atoms with van der Waals surface area (Å²) in [7, 11) is 3.25. The molecule has 0 aliphatic rings. The number of benzene rings is 2. The number of amides is 2. The van der Waals surface area contributed by atoms with Crippen LogP contribution in [-0.2, 0) is 4.79 Å². The minimum atomic E-state index is -0.642. The molecule has 1 unspecified atom stereocenters. The normalized spacial score (nSPS) is 12.0. The Morgan fingerprint density at radius 3 is 2.33 bits per heavy atom. The van der Waals surface area contributed by atoms with E-state index in [0.29, 0.717) is 16.3 Å². The van der Waals surface area contributed by atoms with Gasteiger partial charge in [0, 0.05) is 25.0 Å². The minimum absolute atomic E-state index is 0.199. The summed E-state index contributed by atoms with van der Waals surface area (Å²) < 4.78 is 13.7. The third kappa shape index (κ3) is 3.02. The fourth-order valence-electron chi connectivity index (χ4n) is 2.18. The number of fused-ring (bicyclic) bond motifs is 1. The summed E-state index contributed by atoms with van der Waals surface area (Å²) in [5, 5.41) is 3.55. The Labute approximate surface area is 122 Å². The molecule has 0 aromatic heterocycles. The summed E-state index contributed by atoms with van der Waals surface area (Å²) in [5.41, 5.74) is 0.352. The van der Waals surface area contributed by atoms with Gasteiger partial charge in [0.15, 0.2) is 0 Å². The van der Waals surface area contributed by atoms with E-state index in [9.17, 15) is 14.0 Å². The third-order valence-corrected chi connectivity index (χ3v) is 3.27. The molecule has 5 heteroatoms. The Morgan fingerprint density at radius 2 is 1.71 bits per heavy atom. The summed E-state index contributed by atoms with van der Waals surface area (Å²) in [6, 6.07) is 8.81. The van der Waals surface area contributed by atoms with Gasteiger partial charge in [0.25, 0.3) is 5.91 Å². The Morgan fingerprint density at radius 1 is 1.10 bits per heavy atom. The Hall–Kier alpha value is -2.43. The SMILES string of the molecule is CC(NC(=O)c1ccc(F)c2ccccc12)C(=O)N(C)C. The summed E-state index contributed by atoms with van der Waals surface area (Å²) in [4.78, 5) is 25.5. The van der Waals surface area contributed by atoms with Crippen molar-refractivity contribution < 1.29 is 14.0 Å². The fourth-order valence-corrected chi connectivity index (χ4v) is 2.18. The molecule has 1 N–H and O–H groups in total. The number of likely N-dealkylation sites (N-methyl/N-ethyl adjacent to an activating group) is 1. The minimum Gasteiger partial charge on any atom is -0.347 e. The van der Waals surface area contributed by atoms with Crippen molar-refractivity contribution in [2.24, 2.45) is 0 Å². The first-order valence-corrected chi connectivity index (χ1v) is 6.61. The molecule has 2 rings (SSSR count). The van der Waals surface area contributed by atoms with Crippen LogP contribution in [-0.4, -0.2) is 36.9 Å². The van der Waals surface area contributed by atoms with E-state index in [0.717, 1.165) is 0 Å². The van der Waals surface area contributed by atoms with Crippen molar-refractivity contribution in [3.63, 3.8) is 0 Å². The fraction of sp³-hybridized carbons (Fsp3) is 0.250. The lowest BCUT2D eigenvalue weighted by Crippen LogP contribution is -2.44. The van der Waals surface area contributed by atoms with Crippen LogP contribution in [0.1, 0.15) is 17.3 Å². The van der Waals surface area contributed by atoms with E-state index in [1.54, 1.807) is 45.3 Å². The van der Waals surface area contributed by atoms with Crippen molar-refractivity contribution in [1.82, 2.24) is 10.2 Å². The topological polar surface area (TPSA) is 49.4 Å². The highest BCUT2D eigenvalue weighted by Crippen LogP contribution is 2.21. The van der Waals surface area contributed by atoms with Gasteiger partial charge in [-0.05, 0) is 24.4 Å². The molecule has 4 nitrogen and oxygen atoms in total. The second kappa shape index (κ2) is 5.91. The van der Waals surface area contributed by atoms with E-state index in [1.807, 2.05) is 0 Å². The van der Waals surface area contributed by atoms with Gasteiger partial charge in [0.05, 0.1) is 0 Å². The third-order valence-electron chi connectivity index (χ3n) is 3.27. The van der Waals surface area contributed by atoms with E-state index in [1.165, 1.54) is 17.0 Å². The van der Waals surface area contributed by atoms with Crippen LogP contribution in [0.15, 0.2) is 36.4 Å². The van der Waals surface area contributed by atoms with Gasteiger partial charge in [-0.1, -0.05) is 24.3 Å². The number of hydrogen-bond donors (Lipinski definition) is 1. The van der Waals surface area contributed by atoms with E-state index in [2.05, 4.69) is 5.32 Å². The van der Waals surface area contributed by atoms with Gasteiger partial charge in [-0.25, -0.2) is 4.39 Å². The smallest absolute Gasteiger partial charge is 0.252 e. The van der Waals surface area contributed by atoms with Gasteiger partial charge >= 0.3 is 0 Å². The molecule has 0 heterocycles. The molecule has 21 heavy (non-hydrogen) atoms. The predicted octanol–water partition coefficient (Wildman–Crippen LogP) is 2.19. The van der Waals surface area contributed by atoms with E-state index < -0.39 is 11.9 Å². The zero-order chi connectivity index (χ0) is 15.6. The van der Waals surface area contributed by atoms with Gasteiger partial charge in [-0.2, -0.15) is 0 Å². The molecule has 2 amide bonds. The highest BCUT2D eigenvalue weighted by molar-refractivity contribution is 6.08. The molecule has 2 aromatic carbocycles. The molecule has 0 bridgehead atoms. The molecular formula is C16H17FN2O2. The predicted molar refractivity (Wildman–Crippen MR) is 79.5 cm³/mol. The average Bonchev–Trinajstić information content (AvgIpc) is 2.46. The molecule has 0 spiro atoms. The van der Waals surface area contributed by atoms with Gasteiger partial charge in [0.1, 0.15) is 11.9 Å². The van der Waals surface area contributed by atoms with Crippen LogP contribution in [0.5, 0.6) is 0 Å². The first-order chi connectivity index (χ1) is 9.91. The number of carbonyl (C=O) groups is 2. The number of nitrogens with one attached hydrogen (secondary N) is 1. The second-order valence-corrected chi connectivity index (χ2v) is 5.07. The molecule has 0 saturated heterocycles. The molecule has 0 aliphatic carbocycles. The first-order valence-electron chi connectivity index (χ1n) is 6.61. The van der Waals surface area contributed by atoms with Crippen molar-refractivity contribution in [2.75, 3.05) is 14.1 Å². The van der Waals surface area contributed by atoms with Crippen LogP contribution in [0.2, 0.25) is 0 Å². The molecule has 110 valence electrons. The Balaban J connectivity index is 2.32. The zero-order valence-electron chi connectivity index (χ0n) is 12.2. The number of halogens is 1. The van der Waals surface area contributed by atoms with Crippen molar-refractivity contribution in [3.05, 3.63) is 47.8 Å². The van der Waals surface area contributed by atoms with Crippen LogP contribution in [0.3, 0.4) is 0 Å². The molecule has 0 fully saturated rings. The molecule has 1 atom stereocenters. The second-order valence-electron chi connectivity index (χ2n) is 5.07. The van der Waals surface area contributed by atoms with E-state index in [-0.39, 0.29) is 11.7 Å². The maximum Gasteiger partial charge on any atom is 0.252 e. The number of carbonyl (C=O) groups excluding carboxylic acids is 2. The van der Waals surface area contributed by atoms with Crippen LogP contribution in [0.25, 0.3) is 10.8 Å². The molecule has 2 aromatic rings. The summed E-state index contributed by atoms with van der Waals surface area (Å²) >= 11 is 0. The van der Waals surface area contributed by atoms with Crippen molar-refractivity contribution in [2.45, 2.75) is 13.0 Å². The van der Waals surface area contributed by atoms with Gasteiger partial charge < -0.3 is 10.2 Å². The van der Waals surface area contributed by atoms with Crippen molar-refractivity contribution in [1.29, 1.82) is 0 Å². The van der Waals surface area contributed by atoms with E-state index >= 15 is 0 Å². The molecule has 0 saturated carbocycles.